The number of benzene rings is 2. The Bertz CT molecular complexity index is 994. The summed E-state index contributed by atoms with van der Waals surface area (Å²) >= 11 is 0. The fraction of sp³-hybridized carbons (Fsp3) is 0.273. The molecule has 0 radical (unpaired) electrons. The van der Waals surface area contributed by atoms with Crippen LogP contribution >= 0.6 is 0 Å². The van der Waals surface area contributed by atoms with Gasteiger partial charge in [-0.25, -0.2) is 0 Å². The van der Waals surface area contributed by atoms with E-state index in [0.717, 1.165) is 16.9 Å². The van der Waals surface area contributed by atoms with Crippen molar-refractivity contribution in [1.29, 1.82) is 0 Å². The zero-order chi connectivity index (χ0) is 21.0. The lowest BCUT2D eigenvalue weighted by Crippen LogP contribution is -2.40. The van der Waals surface area contributed by atoms with Crippen LogP contribution in [-0.4, -0.2) is 37.0 Å². The number of aromatic nitrogens is 2. The molecule has 0 saturated heterocycles. The van der Waals surface area contributed by atoms with E-state index in [4.69, 9.17) is 14.2 Å². The van der Waals surface area contributed by atoms with Crippen LogP contribution in [0.2, 0.25) is 0 Å². The molecule has 152 valence electrons. The van der Waals surface area contributed by atoms with Gasteiger partial charge in [-0.2, -0.15) is 5.10 Å². The summed E-state index contributed by atoms with van der Waals surface area (Å²) < 4.78 is 17.4. The third-order valence-corrected chi connectivity index (χ3v) is 4.78. The lowest BCUT2D eigenvalue weighted by molar-refractivity contribution is -0.123. The van der Waals surface area contributed by atoms with Gasteiger partial charge in [-0.05, 0) is 55.8 Å². The number of carbonyl (C=O) groups excluding carboxylic acids is 1. The molecular weight excluding hydrogens is 370 g/mol. The molecule has 0 atom stereocenters. The van der Waals surface area contributed by atoms with Crippen molar-refractivity contribution in [2.75, 3.05) is 26.6 Å². The number of rotatable bonds is 7. The summed E-state index contributed by atoms with van der Waals surface area (Å²) in [5.74, 6) is 1.84. The minimum atomic E-state index is -0.894. The summed E-state index contributed by atoms with van der Waals surface area (Å²) in [5.41, 5.74) is 1.59. The molecule has 29 heavy (non-hydrogen) atoms. The Hall–Kier alpha value is -3.48. The lowest BCUT2D eigenvalue weighted by Gasteiger charge is -2.24. The number of amides is 1. The summed E-state index contributed by atoms with van der Waals surface area (Å²) in [7, 11) is 4.79. The van der Waals surface area contributed by atoms with Crippen LogP contribution in [0, 0.1) is 0 Å². The minimum Gasteiger partial charge on any atom is -0.497 e. The van der Waals surface area contributed by atoms with Crippen LogP contribution in [-0.2, 0) is 10.3 Å². The number of hydrogen-bond donors (Lipinski definition) is 1. The van der Waals surface area contributed by atoms with E-state index >= 15 is 0 Å². The molecule has 0 spiro atoms. The second-order valence-electron chi connectivity index (χ2n) is 6.98. The number of ether oxygens (including phenoxy) is 3. The molecule has 7 heteroatoms. The summed E-state index contributed by atoms with van der Waals surface area (Å²) in [5, 5.41) is 7.34. The molecule has 1 heterocycles. The number of hydrogen-bond acceptors (Lipinski definition) is 5. The Labute approximate surface area is 170 Å². The first-order valence-electron chi connectivity index (χ1n) is 9.12. The van der Waals surface area contributed by atoms with Gasteiger partial charge < -0.3 is 19.5 Å². The predicted octanol–water partition coefficient (Wildman–Crippen LogP) is 3.95. The van der Waals surface area contributed by atoms with E-state index < -0.39 is 5.54 Å². The topological polar surface area (TPSA) is 74.6 Å². The van der Waals surface area contributed by atoms with Crippen LogP contribution in [0.15, 0.2) is 54.9 Å². The standard InChI is InChI=1S/C22H25N3O4/c1-22(2,21(26)24-17-7-9-18(27-3)10-8-17)25-14-16(13-23-25)15-6-11-19(28-4)20(12-15)29-5/h6-14H,1-5H3,(H,24,26). The molecule has 0 aliphatic carbocycles. The third kappa shape index (κ3) is 4.18. The van der Waals surface area contributed by atoms with Gasteiger partial charge in [-0.3, -0.25) is 9.48 Å². The van der Waals surface area contributed by atoms with Crippen molar-refractivity contribution in [3.05, 3.63) is 54.9 Å². The smallest absolute Gasteiger partial charge is 0.251 e. The second kappa shape index (κ2) is 8.26. The van der Waals surface area contributed by atoms with Crippen LogP contribution in [0.25, 0.3) is 11.1 Å². The molecule has 1 aromatic heterocycles. The minimum absolute atomic E-state index is 0.176. The maximum Gasteiger partial charge on any atom is 0.251 e. The van der Waals surface area contributed by atoms with Crippen LogP contribution in [0.4, 0.5) is 5.69 Å². The summed E-state index contributed by atoms with van der Waals surface area (Å²) in [6.45, 7) is 3.63. The highest BCUT2D eigenvalue weighted by atomic mass is 16.5. The number of carbonyl (C=O) groups is 1. The van der Waals surface area contributed by atoms with E-state index in [-0.39, 0.29) is 5.91 Å². The molecule has 3 aromatic rings. The van der Waals surface area contributed by atoms with Crippen molar-refractivity contribution >= 4 is 11.6 Å². The van der Waals surface area contributed by atoms with E-state index in [2.05, 4.69) is 10.4 Å². The van der Waals surface area contributed by atoms with Gasteiger partial charge in [0.1, 0.15) is 11.3 Å². The Balaban J connectivity index is 1.81. The fourth-order valence-electron chi connectivity index (χ4n) is 2.86. The van der Waals surface area contributed by atoms with E-state index in [1.54, 1.807) is 56.5 Å². The Morgan fingerprint density at radius 1 is 0.931 bits per heavy atom. The van der Waals surface area contributed by atoms with Crippen molar-refractivity contribution < 1.29 is 19.0 Å². The normalized spacial score (nSPS) is 11.1. The van der Waals surface area contributed by atoms with Crippen molar-refractivity contribution in [1.82, 2.24) is 9.78 Å². The average molecular weight is 395 g/mol. The molecule has 0 aliphatic rings. The Morgan fingerprint density at radius 2 is 1.62 bits per heavy atom. The molecule has 2 aromatic carbocycles. The third-order valence-electron chi connectivity index (χ3n) is 4.78. The molecule has 0 fully saturated rings. The van der Waals surface area contributed by atoms with Gasteiger partial charge in [0.15, 0.2) is 11.5 Å². The maximum atomic E-state index is 12.9. The highest BCUT2D eigenvalue weighted by Crippen LogP contribution is 2.32. The number of methoxy groups -OCH3 is 3. The van der Waals surface area contributed by atoms with E-state index in [1.165, 1.54) is 0 Å². The van der Waals surface area contributed by atoms with Crippen LogP contribution < -0.4 is 19.5 Å². The van der Waals surface area contributed by atoms with Gasteiger partial charge in [0.25, 0.3) is 5.91 Å². The van der Waals surface area contributed by atoms with Gasteiger partial charge in [-0.1, -0.05) is 6.07 Å². The quantitative estimate of drug-likeness (QED) is 0.656. The first-order chi connectivity index (χ1) is 13.9. The van der Waals surface area contributed by atoms with Crippen LogP contribution in [0.3, 0.4) is 0 Å². The fourth-order valence-corrected chi connectivity index (χ4v) is 2.86. The first kappa shape index (κ1) is 20.3. The molecule has 0 saturated carbocycles. The molecule has 0 bridgehead atoms. The predicted molar refractivity (Wildman–Crippen MR) is 112 cm³/mol. The Kier molecular flexibility index (Phi) is 5.77. The van der Waals surface area contributed by atoms with Gasteiger partial charge in [0, 0.05) is 17.4 Å². The zero-order valence-corrected chi connectivity index (χ0v) is 17.2. The van der Waals surface area contributed by atoms with Crippen molar-refractivity contribution in [2.45, 2.75) is 19.4 Å². The van der Waals surface area contributed by atoms with Gasteiger partial charge in [-0.15, -0.1) is 0 Å². The highest BCUT2D eigenvalue weighted by molar-refractivity contribution is 5.96. The summed E-state index contributed by atoms with van der Waals surface area (Å²) in [6.07, 6.45) is 3.57. The molecule has 7 nitrogen and oxygen atoms in total. The molecule has 1 amide bonds. The molecule has 0 unspecified atom stereocenters. The van der Waals surface area contributed by atoms with E-state index in [9.17, 15) is 4.79 Å². The molecule has 0 aliphatic heterocycles. The van der Waals surface area contributed by atoms with Crippen molar-refractivity contribution in [3.8, 4) is 28.4 Å². The molecule has 3 rings (SSSR count). The van der Waals surface area contributed by atoms with Gasteiger partial charge in [0.2, 0.25) is 0 Å². The number of nitrogens with one attached hydrogen (secondary N) is 1. The average Bonchev–Trinajstić information content (AvgIpc) is 3.25. The summed E-state index contributed by atoms with van der Waals surface area (Å²) in [4.78, 5) is 12.9. The zero-order valence-electron chi connectivity index (χ0n) is 17.2. The molecular formula is C22H25N3O4. The van der Waals surface area contributed by atoms with Gasteiger partial charge in [0.05, 0.1) is 27.5 Å². The lowest BCUT2D eigenvalue weighted by atomic mass is 10.0. The van der Waals surface area contributed by atoms with Gasteiger partial charge >= 0.3 is 0 Å². The van der Waals surface area contributed by atoms with Crippen molar-refractivity contribution in [2.24, 2.45) is 0 Å². The van der Waals surface area contributed by atoms with Crippen LogP contribution in [0.5, 0.6) is 17.2 Å². The van der Waals surface area contributed by atoms with Crippen LogP contribution in [0.1, 0.15) is 13.8 Å². The second-order valence-corrected chi connectivity index (χ2v) is 6.98. The summed E-state index contributed by atoms with van der Waals surface area (Å²) in [6, 6.07) is 12.8. The SMILES string of the molecule is COc1ccc(NC(=O)C(C)(C)n2cc(-c3ccc(OC)c(OC)c3)cn2)cc1. The van der Waals surface area contributed by atoms with E-state index in [0.29, 0.717) is 17.2 Å². The number of anilines is 1. The Morgan fingerprint density at radius 3 is 2.24 bits per heavy atom. The number of nitrogens with zero attached hydrogens (tertiary/aromatic N) is 2. The monoisotopic (exact) mass is 395 g/mol. The largest absolute Gasteiger partial charge is 0.497 e. The highest BCUT2D eigenvalue weighted by Gasteiger charge is 2.31. The maximum absolute atomic E-state index is 12.9. The van der Waals surface area contributed by atoms with Crippen molar-refractivity contribution in [3.63, 3.8) is 0 Å². The van der Waals surface area contributed by atoms with E-state index in [1.807, 2.05) is 38.2 Å². The first-order valence-corrected chi connectivity index (χ1v) is 9.12. The molecule has 1 N–H and O–H groups in total.